The van der Waals surface area contributed by atoms with Crippen LogP contribution >= 0.6 is 15.9 Å². The molecule has 0 unspecified atom stereocenters. The average Bonchev–Trinajstić information content (AvgIpc) is 3.04. The van der Waals surface area contributed by atoms with Crippen LogP contribution in [-0.4, -0.2) is 38.3 Å². The molecule has 0 N–H and O–H groups in total. The van der Waals surface area contributed by atoms with Crippen LogP contribution in [0, 0.1) is 13.8 Å². The molecule has 0 bridgehead atoms. The minimum atomic E-state index is -3.73. The molecule has 0 spiro atoms. The van der Waals surface area contributed by atoms with Gasteiger partial charge in [-0.2, -0.15) is 4.31 Å². The largest absolute Gasteiger partial charge is 0.311 e. The van der Waals surface area contributed by atoms with Gasteiger partial charge in [0.1, 0.15) is 0 Å². The Morgan fingerprint density at radius 2 is 1.93 bits per heavy atom. The van der Waals surface area contributed by atoms with Crippen molar-refractivity contribution in [3.63, 3.8) is 0 Å². The van der Waals surface area contributed by atoms with Gasteiger partial charge in [0.15, 0.2) is 0 Å². The number of hydrogen-bond donors (Lipinski definition) is 0. The van der Waals surface area contributed by atoms with Crippen molar-refractivity contribution in [3.05, 3.63) is 57.6 Å². The zero-order valence-electron chi connectivity index (χ0n) is 15.7. The molecule has 3 rings (SSSR count). The Bertz CT molecular complexity index is 989. The summed E-state index contributed by atoms with van der Waals surface area (Å²) in [6, 6.07) is 11.2. The maximum Gasteiger partial charge on any atom is 0.243 e. The van der Waals surface area contributed by atoms with Crippen LogP contribution in [0.1, 0.15) is 23.6 Å². The monoisotopic (exact) mass is 450 g/mol. The van der Waals surface area contributed by atoms with Crippen LogP contribution in [0.25, 0.3) is 0 Å². The second-order valence-corrected chi connectivity index (χ2v) is 9.59. The molecule has 0 atom stereocenters. The highest BCUT2D eigenvalue weighted by Crippen LogP contribution is 2.31. The van der Waals surface area contributed by atoms with E-state index in [9.17, 15) is 13.2 Å². The Morgan fingerprint density at radius 1 is 1.19 bits per heavy atom. The van der Waals surface area contributed by atoms with Crippen LogP contribution in [0.4, 0.5) is 5.69 Å². The van der Waals surface area contributed by atoms with Gasteiger partial charge in [-0.15, -0.1) is 0 Å². The summed E-state index contributed by atoms with van der Waals surface area (Å²) < 4.78 is 28.5. The number of fused-ring (bicyclic) bond motifs is 1. The third-order valence-electron chi connectivity index (χ3n) is 4.86. The van der Waals surface area contributed by atoms with Gasteiger partial charge in [0.05, 0.1) is 11.4 Å². The third-order valence-corrected chi connectivity index (χ3v) is 7.42. The minimum Gasteiger partial charge on any atom is -0.311 e. The number of rotatable bonds is 5. The van der Waals surface area contributed by atoms with E-state index in [2.05, 4.69) is 15.9 Å². The van der Waals surface area contributed by atoms with Crippen LogP contribution < -0.4 is 4.90 Å². The third kappa shape index (κ3) is 3.95. The summed E-state index contributed by atoms with van der Waals surface area (Å²) in [5.41, 5.74) is 3.52. The summed E-state index contributed by atoms with van der Waals surface area (Å²) in [5.74, 6) is -0.202. The maximum absolute atomic E-state index is 13.1. The van der Waals surface area contributed by atoms with Gasteiger partial charge < -0.3 is 4.90 Å². The van der Waals surface area contributed by atoms with Crippen LogP contribution in [0.5, 0.6) is 0 Å². The lowest BCUT2D eigenvalue weighted by Gasteiger charge is -2.25. The number of carbonyl (C=O) groups is 1. The Morgan fingerprint density at radius 3 is 2.63 bits per heavy atom. The van der Waals surface area contributed by atoms with Crippen LogP contribution in [0.15, 0.2) is 45.8 Å². The lowest BCUT2D eigenvalue weighted by molar-refractivity contribution is -0.118. The first-order valence-corrected chi connectivity index (χ1v) is 11.1. The van der Waals surface area contributed by atoms with Gasteiger partial charge in [0.2, 0.25) is 15.9 Å². The molecule has 0 aliphatic carbocycles. The molecule has 1 aliphatic rings. The fraction of sp³-hybridized carbons (Fsp3) is 0.350. The predicted octanol–water partition coefficient (Wildman–Crippen LogP) is 3.67. The van der Waals surface area contributed by atoms with Crippen molar-refractivity contribution in [3.8, 4) is 0 Å². The van der Waals surface area contributed by atoms with Gasteiger partial charge in [0.25, 0.3) is 0 Å². The maximum atomic E-state index is 13.1. The van der Waals surface area contributed by atoms with Crippen LogP contribution in [0.2, 0.25) is 0 Å². The van der Waals surface area contributed by atoms with E-state index in [0.29, 0.717) is 12.1 Å². The lowest BCUT2D eigenvalue weighted by atomic mass is 10.2. The van der Waals surface area contributed by atoms with E-state index in [1.807, 2.05) is 31.2 Å². The summed E-state index contributed by atoms with van der Waals surface area (Å²) in [5, 5.41) is 0. The summed E-state index contributed by atoms with van der Waals surface area (Å²) in [6.45, 7) is 6.04. The van der Waals surface area contributed by atoms with Gasteiger partial charge in [-0.05, 0) is 61.2 Å². The van der Waals surface area contributed by atoms with E-state index in [-0.39, 0.29) is 23.9 Å². The molecule has 0 fully saturated rings. The highest BCUT2D eigenvalue weighted by Gasteiger charge is 2.31. The molecule has 2 aromatic carbocycles. The van der Waals surface area contributed by atoms with Gasteiger partial charge >= 0.3 is 0 Å². The number of sulfonamides is 1. The van der Waals surface area contributed by atoms with Gasteiger partial charge in [0, 0.05) is 23.2 Å². The topological polar surface area (TPSA) is 57.7 Å². The summed E-state index contributed by atoms with van der Waals surface area (Å²) in [4.78, 5) is 14.9. The molecule has 1 heterocycles. The Balaban J connectivity index is 1.85. The second kappa shape index (κ2) is 7.73. The van der Waals surface area contributed by atoms with Crippen molar-refractivity contribution in [1.29, 1.82) is 0 Å². The van der Waals surface area contributed by atoms with E-state index < -0.39 is 10.0 Å². The van der Waals surface area contributed by atoms with E-state index in [1.165, 1.54) is 4.31 Å². The highest BCUT2D eigenvalue weighted by molar-refractivity contribution is 9.10. The number of benzene rings is 2. The summed E-state index contributed by atoms with van der Waals surface area (Å²) in [7, 11) is -3.73. The first-order chi connectivity index (χ1) is 12.7. The summed E-state index contributed by atoms with van der Waals surface area (Å²) >= 11 is 3.45. The molecule has 2 aromatic rings. The molecule has 5 nitrogen and oxygen atoms in total. The molecular weight excluding hydrogens is 428 g/mol. The van der Waals surface area contributed by atoms with E-state index >= 15 is 0 Å². The number of nitrogens with zero attached hydrogens (tertiary/aromatic N) is 2. The fourth-order valence-electron chi connectivity index (χ4n) is 3.36. The minimum absolute atomic E-state index is 0.165. The van der Waals surface area contributed by atoms with Gasteiger partial charge in [-0.25, -0.2) is 8.42 Å². The van der Waals surface area contributed by atoms with Crippen molar-refractivity contribution in [1.82, 2.24) is 4.31 Å². The molecule has 1 amide bonds. The van der Waals surface area contributed by atoms with E-state index in [1.54, 1.807) is 30.9 Å². The zero-order chi connectivity index (χ0) is 19.8. The number of amides is 1. The molecule has 0 radical (unpaired) electrons. The smallest absolute Gasteiger partial charge is 0.243 e. The van der Waals surface area contributed by atoms with Gasteiger partial charge in [-0.1, -0.05) is 35.0 Å². The molecule has 0 aromatic heterocycles. The van der Waals surface area contributed by atoms with Crippen LogP contribution in [0.3, 0.4) is 0 Å². The highest BCUT2D eigenvalue weighted by atomic mass is 79.9. The number of likely N-dealkylation sites (N-methyl/N-ethyl adjacent to an activating group) is 1. The number of halogens is 1. The molecule has 144 valence electrons. The summed E-state index contributed by atoms with van der Waals surface area (Å²) in [6.07, 6.45) is 0.774. The van der Waals surface area contributed by atoms with Crippen molar-refractivity contribution in [2.75, 3.05) is 24.5 Å². The Labute approximate surface area is 169 Å². The number of hydrogen-bond acceptors (Lipinski definition) is 3. The van der Waals surface area contributed by atoms with Gasteiger partial charge in [-0.3, -0.25) is 4.79 Å². The quantitative estimate of drug-likeness (QED) is 0.697. The van der Waals surface area contributed by atoms with Crippen molar-refractivity contribution < 1.29 is 13.2 Å². The standard InChI is InChI=1S/C20H23BrN2O3S/c1-4-22(27(25,26)19-11-14(2)5-6-15(19)3)13-20(24)23-10-9-16-12-17(21)7-8-18(16)23/h5-8,11-12H,4,9-10,13H2,1-3H3. The van der Waals surface area contributed by atoms with Crippen molar-refractivity contribution in [2.24, 2.45) is 0 Å². The molecule has 27 heavy (non-hydrogen) atoms. The number of aryl methyl sites for hydroxylation is 2. The normalized spacial score (nSPS) is 13.9. The Kier molecular flexibility index (Phi) is 5.74. The average molecular weight is 451 g/mol. The first kappa shape index (κ1) is 20.0. The van der Waals surface area contributed by atoms with Crippen molar-refractivity contribution in [2.45, 2.75) is 32.1 Å². The number of anilines is 1. The van der Waals surface area contributed by atoms with Crippen molar-refractivity contribution >= 4 is 37.5 Å². The molecule has 0 saturated carbocycles. The molecule has 7 heteroatoms. The zero-order valence-corrected chi connectivity index (χ0v) is 18.1. The molecular formula is C20H23BrN2O3S. The SMILES string of the molecule is CCN(CC(=O)N1CCc2cc(Br)ccc21)S(=O)(=O)c1cc(C)ccc1C. The van der Waals surface area contributed by atoms with E-state index in [4.69, 9.17) is 0 Å². The van der Waals surface area contributed by atoms with Crippen LogP contribution in [-0.2, 0) is 21.2 Å². The fourth-order valence-corrected chi connectivity index (χ4v) is 5.47. The molecule has 1 aliphatic heterocycles. The lowest BCUT2D eigenvalue weighted by Crippen LogP contribution is -2.42. The molecule has 0 saturated heterocycles. The van der Waals surface area contributed by atoms with E-state index in [0.717, 1.165) is 27.7 Å². The first-order valence-electron chi connectivity index (χ1n) is 8.90. The predicted molar refractivity (Wildman–Crippen MR) is 111 cm³/mol. The second-order valence-electron chi connectivity index (χ2n) is 6.77. The number of carbonyl (C=O) groups excluding carboxylic acids is 1. The Hall–Kier alpha value is -1.70.